The van der Waals surface area contributed by atoms with Crippen LogP contribution in [-0.4, -0.2) is 12.6 Å². The molecule has 1 aliphatic heterocycles. The summed E-state index contributed by atoms with van der Waals surface area (Å²) in [5.74, 6) is 1.98. The molecule has 1 heterocycles. The maximum atomic E-state index is 3.47. The van der Waals surface area contributed by atoms with Gasteiger partial charge in [0.2, 0.25) is 0 Å². The monoisotopic (exact) mass is 191 g/mol. The molecule has 76 valence electrons. The maximum Gasteiger partial charge on any atom is 0.00756 e. The molecule has 1 saturated carbocycles. The minimum Gasteiger partial charge on any atom is -0.314 e. The quantitative estimate of drug-likeness (QED) is 0.621. The van der Waals surface area contributed by atoms with Crippen molar-refractivity contribution in [2.24, 2.45) is 17.3 Å². The van der Waals surface area contributed by atoms with Crippen molar-refractivity contribution in [2.75, 3.05) is 6.54 Å². The van der Waals surface area contributed by atoms with Gasteiger partial charge in [-0.15, -0.1) is 0 Å². The van der Waals surface area contributed by atoms with Gasteiger partial charge in [0.15, 0.2) is 0 Å². The van der Waals surface area contributed by atoms with Crippen LogP contribution in [-0.2, 0) is 0 Å². The Labute approximate surface area is 84.8 Å². The molecule has 0 aromatic carbocycles. The third-order valence-electron chi connectivity index (χ3n) is 3.34. The zero-order valence-electron chi connectivity index (χ0n) is 6.94. The minimum atomic E-state index is 0. The van der Waals surface area contributed by atoms with Crippen LogP contribution in [0.4, 0.5) is 0 Å². The number of nitrogens with one attached hydrogen (secondary N) is 1. The Morgan fingerprint density at radius 3 is 1.92 bits per heavy atom. The zero-order chi connectivity index (χ0) is 6.65. The average Bonchev–Trinajstić information content (AvgIpc) is 2.19. The molecule has 2 fully saturated rings. The van der Waals surface area contributed by atoms with Crippen LogP contribution >= 0.6 is 13.5 Å². The van der Waals surface area contributed by atoms with Crippen molar-refractivity contribution >= 4 is 13.5 Å². The minimum absolute atomic E-state index is 0. The van der Waals surface area contributed by atoms with E-state index in [0.717, 1.165) is 17.9 Å². The topological polar surface area (TPSA) is 12.0 Å². The van der Waals surface area contributed by atoms with E-state index in [1.165, 1.54) is 6.54 Å². The number of fused-ring (bicyclic) bond motifs is 1. The van der Waals surface area contributed by atoms with Crippen LogP contribution in [0.25, 0.3) is 0 Å². The van der Waals surface area contributed by atoms with Crippen molar-refractivity contribution < 1.29 is 0 Å². The lowest BCUT2D eigenvalue weighted by molar-refractivity contribution is 0.418. The summed E-state index contributed by atoms with van der Waals surface area (Å²) in [4.78, 5) is 0. The summed E-state index contributed by atoms with van der Waals surface area (Å²) in [7, 11) is 0. The molecular formula is C10H25NS. The average molecular weight is 191 g/mol. The summed E-state index contributed by atoms with van der Waals surface area (Å²) >= 11 is 0. The van der Waals surface area contributed by atoms with Crippen molar-refractivity contribution in [1.82, 2.24) is 5.32 Å². The molecular weight excluding hydrogens is 166 g/mol. The second-order valence-electron chi connectivity index (χ2n) is 4.15. The van der Waals surface area contributed by atoms with E-state index in [-0.39, 0.29) is 28.3 Å². The second-order valence-corrected chi connectivity index (χ2v) is 4.15. The van der Waals surface area contributed by atoms with Crippen molar-refractivity contribution in [3.05, 3.63) is 0 Å². The Morgan fingerprint density at radius 1 is 1.25 bits per heavy atom. The van der Waals surface area contributed by atoms with Crippen LogP contribution in [0.3, 0.4) is 0 Å². The first-order valence-electron chi connectivity index (χ1n) is 3.87. The van der Waals surface area contributed by atoms with Crippen LogP contribution in [0.2, 0.25) is 0 Å². The molecule has 3 atom stereocenters. The number of hydrogen-bond donors (Lipinski definition) is 1. The van der Waals surface area contributed by atoms with Crippen LogP contribution in [0.15, 0.2) is 0 Å². The van der Waals surface area contributed by atoms with E-state index in [2.05, 4.69) is 26.1 Å². The van der Waals surface area contributed by atoms with Gasteiger partial charge < -0.3 is 5.32 Å². The standard InChI is InChI=1S/C8H15N.2CH4.H2S/c1-5-7-6(4-9-5)8(7,2)3;;;/h5-7,9H,4H2,1-3H3;2*1H4;1H2/t5-,6+,7-;;;/m0.../s1. The van der Waals surface area contributed by atoms with Gasteiger partial charge in [-0.3, -0.25) is 0 Å². The maximum absolute atomic E-state index is 3.47. The molecule has 0 spiro atoms. The van der Waals surface area contributed by atoms with E-state index >= 15 is 0 Å². The number of rotatable bonds is 0. The SMILES string of the molecule is C.C.C[C@@H]1NC[C@@H]2[C@H]1C2(C)C.S. The molecule has 1 aliphatic carbocycles. The van der Waals surface area contributed by atoms with Crippen molar-refractivity contribution in [1.29, 1.82) is 0 Å². The lowest BCUT2D eigenvalue weighted by atomic mass is 10.0. The van der Waals surface area contributed by atoms with E-state index in [1.54, 1.807) is 0 Å². The first kappa shape index (κ1) is 14.8. The van der Waals surface area contributed by atoms with Gasteiger partial charge in [-0.1, -0.05) is 28.7 Å². The summed E-state index contributed by atoms with van der Waals surface area (Å²) in [6.45, 7) is 8.34. The third-order valence-corrected chi connectivity index (χ3v) is 3.34. The summed E-state index contributed by atoms with van der Waals surface area (Å²) in [6.07, 6.45) is 0. The lowest BCUT2D eigenvalue weighted by Crippen LogP contribution is -2.27. The fraction of sp³-hybridized carbons (Fsp3) is 1.00. The van der Waals surface area contributed by atoms with Gasteiger partial charge >= 0.3 is 0 Å². The Bertz CT molecular complexity index is 145. The summed E-state index contributed by atoms with van der Waals surface area (Å²) in [6, 6.07) is 0.782. The van der Waals surface area contributed by atoms with E-state index < -0.39 is 0 Å². The van der Waals surface area contributed by atoms with Crippen molar-refractivity contribution in [2.45, 2.75) is 41.7 Å². The molecule has 0 aromatic heterocycles. The molecule has 0 unspecified atom stereocenters. The first-order valence-corrected chi connectivity index (χ1v) is 3.87. The Hall–Kier alpha value is 0.310. The van der Waals surface area contributed by atoms with Gasteiger partial charge in [0, 0.05) is 6.04 Å². The molecule has 0 radical (unpaired) electrons. The van der Waals surface area contributed by atoms with Crippen LogP contribution < -0.4 is 5.32 Å². The largest absolute Gasteiger partial charge is 0.314 e. The normalized spacial score (nSPS) is 39.8. The molecule has 12 heavy (non-hydrogen) atoms. The van der Waals surface area contributed by atoms with E-state index in [4.69, 9.17) is 0 Å². The lowest BCUT2D eigenvalue weighted by Gasteiger charge is -2.13. The molecule has 2 aliphatic rings. The fourth-order valence-corrected chi connectivity index (χ4v) is 2.61. The third kappa shape index (κ3) is 1.64. The van der Waals surface area contributed by atoms with Crippen molar-refractivity contribution in [3.63, 3.8) is 0 Å². The van der Waals surface area contributed by atoms with Gasteiger partial charge in [-0.05, 0) is 30.7 Å². The molecule has 1 nitrogen and oxygen atoms in total. The Morgan fingerprint density at radius 2 is 1.75 bits per heavy atom. The molecule has 2 heteroatoms. The smallest absolute Gasteiger partial charge is 0.00756 e. The fourth-order valence-electron chi connectivity index (χ4n) is 2.61. The number of hydrogen-bond acceptors (Lipinski definition) is 1. The summed E-state index contributed by atoms with van der Waals surface area (Å²) < 4.78 is 0. The van der Waals surface area contributed by atoms with Gasteiger partial charge in [-0.25, -0.2) is 0 Å². The van der Waals surface area contributed by atoms with Gasteiger partial charge in [0.25, 0.3) is 0 Å². The van der Waals surface area contributed by atoms with E-state index in [9.17, 15) is 0 Å². The molecule has 2 rings (SSSR count). The highest BCUT2D eigenvalue weighted by atomic mass is 32.1. The number of piperidine rings is 1. The molecule has 0 amide bonds. The van der Waals surface area contributed by atoms with Crippen LogP contribution in [0, 0.1) is 17.3 Å². The second kappa shape index (κ2) is 4.01. The predicted molar refractivity (Wildman–Crippen MR) is 62.1 cm³/mol. The summed E-state index contributed by atoms with van der Waals surface area (Å²) in [5, 5.41) is 3.47. The zero-order valence-corrected chi connectivity index (χ0v) is 7.94. The van der Waals surface area contributed by atoms with E-state index in [0.29, 0.717) is 5.41 Å². The van der Waals surface area contributed by atoms with Crippen molar-refractivity contribution in [3.8, 4) is 0 Å². The van der Waals surface area contributed by atoms with Crippen LogP contribution in [0.1, 0.15) is 35.6 Å². The molecule has 0 bridgehead atoms. The molecule has 0 aromatic rings. The predicted octanol–water partition coefficient (Wildman–Crippen LogP) is 2.64. The van der Waals surface area contributed by atoms with Gasteiger partial charge in [0.05, 0.1) is 0 Å². The summed E-state index contributed by atoms with van der Waals surface area (Å²) in [5.41, 5.74) is 0.671. The highest BCUT2D eigenvalue weighted by Crippen LogP contribution is 2.62. The van der Waals surface area contributed by atoms with Crippen LogP contribution in [0.5, 0.6) is 0 Å². The molecule has 1 N–H and O–H groups in total. The highest BCUT2D eigenvalue weighted by molar-refractivity contribution is 7.59. The first-order chi connectivity index (χ1) is 4.14. The van der Waals surface area contributed by atoms with E-state index in [1.807, 2.05) is 0 Å². The highest BCUT2D eigenvalue weighted by Gasteiger charge is 2.62. The Kier molecular flexibility index (Phi) is 4.95. The van der Waals surface area contributed by atoms with Gasteiger partial charge in [0.1, 0.15) is 0 Å². The molecule has 1 saturated heterocycles. The Balaban J connectivity index is 0. The van der Waals surface area contributed by atoms with Gasteiger partial charge in [-0.2, -0.15) is 13.5 Å².